The minimum absolute atomic E-state index is 0.0321. The van der Waals surface area contributed by atoms with Crippen LogP contribution in [0.5, 0.6) is 0 Å². The van der Waals surface area contributed by atoms with Crippen molar-refractivity contribution in [2.24, 2.45) is 10.8 Å². The fourth-order valence-electron chi connectivity index (χ4n) is 3.72. The Balaban J connectivity index is 2.34. The maximum atomic E-state index is 12.9. The van der Waals surface area contributed by atoms with Crippen LogP contribution in [0.25, 0.3) is 11.1 Å². The highest BCUT2D eigenvalue weighted by molar-refractivity contribution is 5.99. The molecule has 0 fully saturated rings. The van der Waals surface area contributed by atoms with Gasteiger partial charge in [0.25, 0.3) is 0 Å². The van der Waals surface area contributed by atoms with Crippen molar-refractivity contribution in [3.05, 3.63) is 119 Å². The molecule has 2 aromatic rings. The van der Waals surface area contributed by atoms with E-state index in [0.717, 1.165) is 33.4 Å². The van der Waals surface area contributed by atoms with Gasteiger partial charge in [-0.15, -0.1) is 11.5 Å². The van der Waals surface area contributed by atoms with E-state index in [4.69, 9.17) is 0 Å². The summed E-state index contributed by atoms with van der Waals surface area (Å²) >= 11 is 0. The monoisotopic (exact) mass is 450 g/mol. The summed E-state index contributed by atoms with van der Waals surface area (Å²) in [5.41, 5.74) is 12.9. The second-order valence-electron chi connectivity index (χ2n) is 10.2. The molecule has 2 aromatic carbocycles. The summed E-state index contributed by atoms with van der Waals surface area (Å²) in [4.78, 5) is 12.9. The number of hydrogen-bond donors (Lipinski definition) is 0. The van der Waals surface area contributed by atoms with Crippen LogP contribution >= 0.6 is 0 Å². The number of ketones is 1. The highest BCUT2D eigenvalue weighted by atomic mass is 16.1. The van der Waals surface area contributed by atoms with Gasteiger partial charge in [-0.3, -0.25) is 4.79 Å². The van der Waals surface area contributed by atoms with E-state index in [1.165, 1.54) is 0 Å². The smallest absolute Gasteiger partial charge is 0.178 e. The van der Waals surface area contributed by atoms with Gasteiger partial charge >= 0.3 is 0 Å². The summed E-state index contributed by atoms with van der Waals surface area (Å²) in [5.74, 6) is -0.0321. The number of carbonyl (C=O) groups excluding carboxylic acids is 1. The third kappa shape index (κ3) is 7.89. The standard InChI is InChI=1S/C33H38O/c1-25(2)23-30(27-15-11-9-12-16-27)32(5,6)21-19-29(34)20-22-33(7,8)31(24-26(3)4)28-17-13-10-14-18-28/h9-22H,1-8H3/b21-19+,22-20+. The van der Waals surface area contributed by atoms with Gasteiger partial charge in [-0.1, -0.05) is 101 Å². The summed E-state index contributed by atoms with van der Waals surface area (Å²) < 4.78 is 0. The molecular formula is C33H38O. The van der Waals surface area contributed by atoms with Crippen molar-refractivity contribution < 1.29 is 4.79 Å². The Bertz CT molecular complexity index is 1080. The predicted octanol–water partition coefficient (Wildman–Crippen LogP) is 9.02. The van der Waals surface area contributed by atoms with Crippen molar-refractivity contribution in [1.82, 2.24) is 0 Å². The third-order valence-corrected chi connectivity index (χ3v) is 5.49. The average molecular weight is 451 g/mol. The van der Waals surface area contributed by atoms with Crippen LogP contribution < -0.4 is 0 Å². The highest BCUT2D eigenvalue weighted by Crippen LogP contribution is 2.37. The second-order valence-corrected chi connectivity index (χ2v) is 10.2. The lowest BCUT2D eigenvalue weighted by molar-refractivity contribution is -0.110. The van der Waals surface area contributed by atoms with Crippen molar-refractivity contribution in [2.75, 3.05) is 0 Å². The van der Waals surface area contributed by atoms with Gasteiger partial charge in [-0.2, -0.15) is 0 Å². The predicted molar refractivity (Wildman–Crippen MR) is 147 cm³/mol. The molecule has 0 unspecified atom stereocenters. The zero-order valence-electron chi connectivity index (χ0n) is 22.0. The Labute approximate surface area is 206 Å². The minimum Gasteiger partial charge on any atom is -0.290 e. The molecule has 0 saturated carbocycles. The molecule has 0 aliphatic rings. The van der Waals surface area contributed by atoms with Crippen LogP contribution in [0.3, 0.4) is 0 Å². The summed E-state index contributed by atoms with van der Waals surface area (Å²) in [6, 6.07) is 20.5. The molecule has 0 N–H and O–H groups in total. The van der Waals surface area contributed by atoms with E-state index < -0.39 is 0 Å². The summed E-state index contributed by atoms with van der Waals surface area (Å²) in [6.07, 6.45) is 7.31. The van der Waals surface area contributed by atoms with E-state index >= 15 is 0 Å². The molecule has 0 atom stereocenters. The van der Waals surface area contributed by atoms with Crippen LogP contribution in [0.1, 0.15) is 66.5 Å². The zero-order valence-corrected chi connectivity index (χ0v) is 22.0. The van der Waals surface area contributed by atoms with Crippen molar-refractivity contribution >= 4 is 16.9 Å². The van der Waals surface area contributed by atoms with Gasteiger partial charge in [0.15, 0.2) is 5.78 Å². The SMILES string of the molecule is CC(C)=C=C(c1ccccc1)C(C)(C)/C=C/C(=O)/C=C/C(C)(C)C(=C=C(C)C)c1ccccc1. The summed E-state index contributed by atoms with van der Waals surface area (Å²) in [5, 5.41) is 0. The van der Waals surface area contributed by atoms with Gasteiger partial charge in [0, 0.05) is 22.0 Å². The Morgan fingerprint density at radius 3 is 1.24 bits per heavy atom. The first kappa shape index (κ1) is 26.9. The Hall–Kier alpha value is -3.37. The van der Waals surface area contributed by atoms with E-state index in [9.17, 15) is 4.79 Å². The number of allylic oxidation sites excluding steroid dienone is 6. The van der Waals surface area contributed by atoms with Gasteiger partial charge in [0.2, 0.25) is 0 Å². The number of benzene rings is 2. The molecule has 1 nitrogen and oxygen atoms in total. The minimum atomic E-state index is -0.352. The van der Waals surface area contributed by atoms with Gasteiger partial charge in [-0.25, -0.2) is 0 Å². The number of rotatable bonds is 8. The van der Waals surface area contributed by atoms with Crippen molar-refractivity contribution in [3.8, 4) is 0 Å². The van der Waals surface area contributed by atoms with Crippen LogP contribution in [0.15, 0.2) is 108 Å². The van der Waals surface area contributed by atoms with Crippen molar-refractivity contribution in [1.29, 1.82) is 0 Å². The van der Waals surface area contributed by atoms with Crippen LogP contribution in [0.2, 0.25) is 0 Å². The van der Waals surface area contributed by atoms with E-state index in [2.05, 4.69) is 63.4 Å². The van der Waals surface area contributed by atoms with Crippen molar-refractivity contribution in [3.63, 3.8) is 0 Å². The molecule has 176 valence electrons. The summed E-state index contributed by atoms with van der Waals surface area (Å²) in [6.45, 7) is 16.7. The molecule has 0 aromatic heterocycles. The Kier molecular flexibility index (Phi) is 9.22. The molecule has 0 bridgehead atoms. The molecule has 0 radical (unpaired) electrons. The third-order valence-electron chi connectivity index (χ3n) is 5.49. The van der Waals surface area contributed by atoms with Crippen LogP contribution in [0, 0.1) is 10.8 Å². The van der Waals surface area contributed by atoms with E-state index in [-0.39, 0.29) is 16.6 Å². The highest BCUT2D eigenvalue weighted by Gasteiger charge is 2.23. The van der Waals surface area contributed by atoms with Crippen LogP contribution in [-0.4, -0.2) is 5.78 Å². The molecule has 1 heteroatoms. The van der Waals surface area contributed by atoms with Crippen molar-refractivity contribution in [2.45, 2.75) is 55.4 Å². The Morgan fingerprint density at radius 2 is 0.941 bits per heavy atom. The van der Waals surface area contributed by atoms with E-state index in [1.807, 2.05) is 76.2 Å². The zero-order chi connectivity index (χ0) is 25.4. The largest absolute Gasteiger partial charge is 0.290 e. The number of hydrogen-bond acceptors (Lipinski definition) is 1. The lowest BCUT2D eigenvalue weighted by Gasteiger charge is -2.24. The quantitative estimate of drug-likeness (QED) is 0.290. The van der Waals surface area contributed by atoms with Crippen LogP contribution in [0.4, 0.5) is 0 Å². The summed E-state index contributed by atoms with van der Waals surface area (Å²) in [7, 11) is 0. The molecular weight excluding hydrogens is 412 g/mol. The number of carbonyl (C=O) groups is 1. The second kappa shape index (κ2) is 11.7. The lowest BCUT2D eigenvalue weighted by atomic mass is 9.79. The molecule has 0 spiro atoms. The molecule has 0 amide bonds. The first-order valence-corrected chi connectivity index (χ1v) is 11.8. The van der Waals surface area contributed by atoms with E-state index in [1.54, 1.807) is 12.2 Å². The first-order valence-electron chi connectivity index (χ1n) is 11.8. The fourth-order valence-corrected chi connectivity index (χ4v) is 3.72. The van der Waals surface area contributed by atoms with Crippen LogP contribution in [-0.2, 0) is 4.79 Å². The molecule has 2 rings (SSSR count). The molecule has 0 saturated heterocycles. The topological polar surface area (TPSA) is 17.1 Å². The molecule has 0 aliphatic carbocycles. The average Bonchev–Trinajstić information content (AvgIpc) is 2.79. The molecule has 0 heterocycles. The Morgan fingerprint density at radius 1 is 0.618 bits per heavy atom. The van der Waals surface area contributed by atoms with Gasteiger partial charge in [0.1, 0.15) is 0 Å². The van der Waals surface area contributed by atoms with Gasteiger partial charge in [-0.05, 0) is 62.1 Å². The molecule has 0 aliphatic heterocycles. The van der Waals surface area contributed by atoms with Gasteiger partial charge in [0.05, 0.1) is 0 Å². The molecule has 34 heavy (non-hydrogen) atoms. The van der Waals surface area contributed by atoms with E-state index in [0.29, 0.717) is 0 Å². The maximum absolute atomic E-state index is 12.9. The first-order chi connectivity index (χ1) is 15.9. The van der Waals surface area contributed by atoms with Gasteiger partial charge < -0.3 is 0 Å². The lowest BCUT2D eigenvalue weighted by Crippen LogP contribution is -2.12. The normalized spacial score (nSPS) is 11.8. The maximum Gasteiger partial charge on any atom is 0.178 e. The fraction of sp³-hybridized carbons (Fsp3) is 0.303.